The van der Waals surface area contributed by atoms with Gasteiger partial charge in [-0.05, 0) is 24.3 Å². The zero-order valence-electron chi connectivity index (χ0n) is 6.18. The van der Waals surface area contributed by atoms with Crippen molar-refractivity contribution in [3.8, 4) is 0 Å². The van der Waals surface area contributed by atoms with Gasteiger partial charge in [0.2, 0.25) is 5.16 Å². The molecule has 0 saturated carbocycles. The van der Waals surface area contributed by atoms with Crippen LogP contribution in [-0.2, 0) is 0 Å². The minimum atomic E-state index is -0.433. The van der Waals surface area contributed by atoms with Crippen LogP contribution in [0.3, 0.4) is 0 Å². The van der Waals surface area contributed by atoms with Gasteiger partial charge in [0, 0.05) is 9.92 Å². The second-order valence-electron chi connectivity index (χ2n) is 2.01. The Bertz CT molecular complexity index is 312. The molecule has 0 heterocycles. The van der Waals surface area contributed by atoms with E-state index in [-0.39, 0.29) is 0 Å². The molecule has 0 unspecified atom stereocenters. The van der Waals surface area contributed by atoms with E-state index in [0.29, 0.717) is 5.02 Å². The number of halogens is 2. The van der Waals surface area contributed by atoms with Gasteiger partial charge in [-0.2, -0.15) is 4.39 Å². The van der Waals surface area contributed by atoms with Gasteiger partial charge in [-0.3, -0.25) is 0 Å². The topological polar surface area (TPSA) is 0 Å². The lowest BCUT2D eigenvalue weighted by atomic mass is 10.4. The van der Waals surface area contributed by atoms with Gasteiger partial charge in [0.15, 0.2) is 0 Å². The van der Waals surface area contributed by atoms with Crippen LogP contribution in [0.25, 0.3) is 0 Å². The summed E-state index contributed by atoms with van der Waals surface area (Å²) in [5, 5.41) is 0.208. The molecule has 0 saturated heterocycles. The van der Waals surface area contributed by atoms with E-state index in [1.807, 2.05) is 0 Å². The highest BCUT2D eigenvalue weighted by Gasteiger charge is 1.97. The number of thioether (sulfide) groups is 1. The Morgan fingerprint density at radius 3 is 2.50 bits per heavy atom. The maximum atomic E-state index is 12.6. The van der Waals surface area contributed by atoms with Crippen molar-refractivity contribution in [2.24, 2.45) is 0 Å². The third-order valence-corrected chi connectivity index (χ3v) is 2.24. The standard InChI is InChI=1S/C9H6ClFS/c1-2-9(11)12-8-5-3-7(10)4-6-8/h3-6H,1H2. The fourth-order valence-corrected chi connectivity index (χ4v) is 1.32. The van der Waals surface area contributed by atoms with E-state index in [1.54, 1.807) is 24.3 Å². The predicted molar refractivity (Wildman–Crippen MR) is 51.1 cm³/mol. The Hall–Kier alpha value is -0.690. The van der Waals surface area contributed by atoms with E-state index in [0.717, 1.165) is 16.7 Å². The molecule has 1 aromatic carbocycles. The molecule has 0 spiro atoms. The first-order chi connectivity index (χ1) is 5.72. The van der Waals surface area contributed by atoms with Gasteiger partial charge in [-0.1, -0.05) is 35.7 Å². The molecule has 0 bridgehead atoms. The smallest absolute Gasteiger partial charge is 0.190 e. The summed E-state index contributed by atoms with van der Waals surface area (Å²) in [4.78, 5) is 0.785. The lowest BCUT2D eigenvalue weighted by Gasteiger charge is -1.95. The van der Waals surface area contributed by atoms with E-state index in [2.05, 4.69) is 12.3 Å². The largest absolute Gasteiger partial charge is 0.203 e. The van der Waals surface area contributed by atoms with E-state index in [1.165, 1.54) is 0 Å². The maximum absolute atomic E-state index is 12.6. The van der Waals surface area contributed by atoms with Gasteiger partial charge in [0.25, 0.3) is 0 Å². The van der Waals surface area contributed by atoms with E-state index < -0.39 is 5.16 Å². The second-order valence-corrected chi connectivity index (χ2v) is 3.48. The molecule has 1 rings (SSSR count). The zero-order valence-corrected chi connectivity index (χ0v) is 7.75. The van der Waals surface area contributed by atoms with Crippen molar-refractivity contribution in [2.45, 2.75) is 4.90 Å². The molecule has 0 N–H and O–H groups in total. The van der Waals surface area contributed by atoms with Crippen molar-refractivity contribution in [3.63, 3.8) is 0 Å². The quantitative estimate of drug-likeness (QED) is 0.513. The summed E-state index contributed by atoms with van der Waals surface area (Å²) in [5.74, 6) is 0. The third-order valence-electron chi connectivity index (χ3n) is 1.16. The number of rotatable bonds is 2. The van der Waals surface area contributed by atoms with Crippen molar-refractivity contribution in [2.75, 3.05) is 0 Å². The first kappa shape index (κ1) is 9.40. The predicted octanol–water partition coefficient (Wildman–Crippen LogP) is 4.03. The lowest BCUT2D eigenvalue weighted by Crippen LogP contribution is -1.69. The molecule has 62 valence electrons. The van der Waals surface area contributed by atoms with Crippen LogP contribution in [0.15, 0.2) is 46.6 Å². The Labute approximate surface area is 79.7 Å². The van der Waals surface area contributed by atoms with Gasteiger partial charge in [-0.15, -0.1) is 0 Å². The molecule has 0 aliphatic heterocycles. The van der Waals surface area contributed by atoms with Gasteiger partial charge >= 0.3 is 0 Å². The molecule has 0 fully saturated rings. The van der Waals surface area contributed by atoms with Crippen LogP contribution in [0.5, 0.6) is 0 Å². The molecule has 1 aromatic rings. The highest BCUT2D eigenvalue weighted by molar-refractivity contribution is 8.02. The van der Waals surface area contributed by atoms with Gasteiger partial charge < -0.3 is 0 Å². The molecular weight excluding hydrogens is 195 g/mol. The zero-order chi connectivity index (χ0) is 8.97. The fourth-order valence-electron chi connectivity index (χ4n) is 0.642. The highest BCUT2D eigenvalue weighted by Crippen LogP contribution is 2.27. The number of hydrogen-bond donors (Lipinski definition) is 0. The molecule has 0 atom stereocenters. The summed E-state index contributed by atoms with van der Waals surface area (Å²) in [6.07, 6.45) is 0. The Kier molecular flexibility index (Phi) is 3.42. The second kappa shape index (κ2) is 4.36. The van der Waals surface area contributed by atoms with Crippen LogP contribution >= 0.6 is 23.4 Å². The number of hydrogen-bond acceptors (Lipinski definition) is 1. The monoisotopic (exact) mass is 200 g/mol. The lowest BCUT2D eigenvalue weighted by molar-refractivity contribution is 0.702. The average molecular weight is 201 g/mol. The minimum Gasteiger partial charge on any atom is -0.190 e. The van der Waals surface area contributed by atoms with Crippen molar-refractivity contribution >= 4 is 23.4 Å². The summed E-state index contributed by atoms with van der Waals surface area (Å²) in [6, 6.07) is 6.90. The molecule has 12 heavy (non-hydrogen) atoms. The summed E-state index contributed by atoms with van der Waals surface area (Å²) in [5.41, 5.74) is 2.16. The molecule has 0 nitrogen and oxygen atoms in total. The Morgan fingerprint density at radius 1 is 1.42 bits per heavy atom. The Balaban J connectivity index is 2.78. The average Bonchev–Trinajstić information content (AvgIpc) is 2.09. The van der Waals surface area contributed by atoms with Crippen LogP contribution in [-0.4, -0.2) is 0 Å². The van der Waals surface area contributed by atoms with Gasteiger partial charge in [0.1, 0.15) is 0 Å². The third kappa shape index (κ3) is 2.74. The van der Waals surface area contributed by atoms with Crippen LogP contribution in [0.4, 0.5) is 4.39 Å². The van der Waals surface area contributed by atoms with E-state index in [4.69, 9.17) is 11.6 Å². The summed E-state index contributed by atoms with van der Waals surface area (Å²) >= 11 is 6.61. The molecule has 3 heteroatoms. The highest BCUT2D eigenvalue weighted by atomic mass is 35.5. The van der Waals surface area contributed by atoms with Crippen molar-refractivity contribution in [1.29, 1.82) is 0 Å². The van der Waals surface area contributed by atoms with E-state index in [9.17, 15) is 4.39 Å². The first-order valence-corrected chi connectivity index (χ1v) is 4.41. The number of benzene rings is 1. The molecule has 0 aliphatic rings. The maximum Gasteiger partial charge on any atom is 0.203 e. The van der Waals surface area contributed by atoms with Crippen LogP contribution < -0.4 is 0 Å². The minimum absolute atomic E-state index is 0.433. The van der Waals surface area contributed by atoms with Gasteiger partial charge in [0.05, 0.1) is 0 Å². The molecular formula is C9H6ClFS. The summed E-state index contributed by atoms with van der Waals surface area (Å²) in [7, 11) is 0. The summed E-state index contributed by atoms with van der Waals surface area (Å²) < 4.78 is 12.6. The Morgan fingerprint density at radius 2 is 2.00 bits per heavy atom. The van der Waals surface area contributed by atoms with Crippen molar-refractivity contribution in [1.82, 2.24) is 0 Å². The van der Waals surface area contributed by atoms with Crippen LogP contribution in [0, 0.1) is 0 Å². The normalized spacial score (nSPS) is 9.17. The van der Waals surface area contributed by atoms with Gasteiger partial charge in [-0.25, -0.2) is 0 Å². The first-order valence-electron chi connectivity index (χ1n) is 3.21. The fraction of sp³-hybridized carbons (Fsp3) is 0. The SMILES string of the molecule is C=C=C(F)Sc1ccc(Cl)cc1. The van der Waals surface area contributed by atoms with Crippen molar-refractivity contribution in [3.05, 3.63) is 46.8 Å². The molecule has 0 aliphatic carbocycles. The van der Waals surface area contributed by atoms with E-state index >= 15 is 0 Å². The molecule has 0 aromatic heterocycles. The summed E-state index contributed by atoms with van der Waals surface area (Å²) in [6.45, 7) is 3.19. The van der Waals surface area contributed by atoms with Crippen LogP contribution in [0.2, 0.25) is 5.02 Å². The van der Waals surface area contributed by atoms with Crippen molar-refractivity contribution < 1.29 is 4.39 Å². The van der Waals surface area contributed by atoms with Crippen LogP contribution in [0.1, 0.15) is 0 Å². The molecule has 0 radical (unpaired) electrons. The molecule has 0 amide bonds.